The highest BCUT2D eigenvalue weighted by Crippen LogP contribution is 2.20. The summed E-state index contributed by atoms with van der Waals surface area (Å²) in [5.41, 5.74) is 3.68. The van der Waals surface area contributed by atoms with Gasteiger partial charge in [0, 0.05) is 6.07 Å². The maximum absolute atomic E-state index is 12.9. The maximum Gasteiger partial charge on any atom is 0.266 e. The molecule has 3 heterocycles. The molecule has 5 rings (SSSR count). The number of para-hydroxylation sites is 1. The number of carbonyl (C=O) groups is 1. The second-order valence-corrected chi connectivity index (χ2v) is 8.60. The normalized spacial score (nSPS) is 12.0. The van der Waals surface area contributed by atoms with Crippen LogP contribution in [0.4, 0.5) is 5.82 Å². The number of aryl methyl sites for hydroxylation is 3. The molecule has 10 nitrogen and oxygen atoms in total. The largest absolute Gasteiger partial charge is 0.481 e. The Kier molecular flexibility index (Phi) is 5.85. The number of aromatic amines is 1. The Hall–Kier alpha value is -4.73. The molecule has 1 atom stereocenters. The molecule has 0 saturated carbocycles. The number of ether oxygens (including phenoxy) is 1. The van der Waals surface area contributed by atoms with Gasteiger partial charge in [0.1, 0.15) is 17.0 Å². The highest BCUT2D eigenvalue weighted by atomic mass is 16.5. The fraction of sp³-hybridized carbons (Fsp3) is 0.192. The van der Waals surface area contributed by atoms with Gasteiger partial charge < -0.3 is 10.1 Å². The van der Waals surface area contributed by atoms with Crippen molar-refractivity contribution in [1.29, 1.82) is 0 Å². The lowest BCUT2D eigenvalue weighted by atomic mass is 10.1. The molecule has 0 aliphatic carbocycles. The third-order valence-electron chi connectivity index (χ3n) is 5.87. The second kappa shape index (κ2) is 9.14. The highest BCUT2D eigenvalue weighted by Gasteiger charge is 2.20. The van der Waals surface area contributed by atoms with E-state index in [4.69, 9.17) is 4.74 Å². The zero-order valence-corrected chi connectivity index (χ0v) is 20.3. The van der Waals surface area contributed by atoms with Gasteiger partial charge in [-0.25, -0.2) is 4.68 Å². The zero-order chi connectivity index (χ0) is 25.4. The number of anilines is 1. The number of rotatable bonds is 6. The number of fused-ring (bicyclic) bond motifs is 1. The van der Waals surface area contributed by atoms with E-state index in [-0.39, 0.29) is 17.4 Å². The quantitative estimate of drug-likeness (QED) is 0.381. The summed E-state index contributed by atoms with van der Waals surface area (Å²) in [6, 6.07) is 16.7. The summed E-state index contributed by atoms with van der Waals surface area (Å²) >= 11 is 0. The van der Waals surface area contributed by atoms with Gasteiger partial charge in [-0.3, -0.25) is 14.6 Å². The number of nitrogens with zero attached hydrogens (tertiary/aromatic N) is 5. The van der Waals surface area contributed by atoms with Gasteiger partial charge in [-0.15, -0.1) is 0 Å². The molecule has 182 valence electrons. The lowest BCUT2D eigenvalue weighted by Crippen LogP contribution is -2.31. The minimum atomic E-state index is -0.767. The Morgan fingerprint density at radius 3 is 2.56 bits per heavy atom. The molecule has 0 aliphatic rings. The van der Waals surface area contributed by atoms with Crippen LogP contribution in [0.5, 0.6) is 5.75 Å². The monoisotopic (exact) mass is 483 g/mol. The average Bonchev–Trinajstić information content (AvgIpc) is 3.45. The summed E-state index contributed by atoms with van der Waals surface area (Å²) in [6.07, 6.45) is 0.719. The van der Waals surface area contributed by atoms with Gasteiger partial charge in [-0.2, -0.15) is 19.9 Å². The van der Waals surface area contributed by atoms with Crippen LogP contribution in [-0.2, 0) is 4.79 Å². The van der Waals surface area contributed by atoms with Crippen molar-refractivity contribution in [3.8, 4) is 17.4 Å². The second-order valence-electron chi connectivity index (χ2n) is 8.60. The van der Waals surface area contributed by atoms with Crippen molar-refractivity contribution in [3.05, 3.63) is 88.0 Å². The van der Waals surface area contributed by atoms with Crippen LogP contribution in [0.25, 0.3) is 22.7 Å². The number of aromatic nitrogens is 6. The minimum Gasteiger partial charge on any atom is -0.481 e. The predicted molar refractivity (Wildman–Crippen MR) is 136 cm³/mol. The van der Waals surface area contributed by atoms with E-state index < -0.39 is 6.10 Å². The van der Waals surface area contributed by atoms with Crippen LogP contribution < -0.4 is 15.6 Å². The summed E-state index contributed by atoms with van der Waals surface area (Å²) in [7, 11) is 0. The van der Waals surface area contributed by atoms with Crippen molar-refractivity contribution in [3.63, 3.8) is 0 Å². The Balaban J connectivity index is 1.50. The molecule has 36 heavy (non-hydrogen) atoms. The van der Waals surface area contributed by atoms with Crippen molar-refractivity contribution < 1.29 is 9.53 Å². The predicted octanol–water partition coefficient (Wildman–Crippen LogP) is 3.63. The van der Waals surface area contributed by atoms with Gasteiger partial charge in [-0.05, 0) is 63.1 Å². The number of carbonyl (C=O) groups excluding carboxylic acids is 1. The van der Waals surface area contributed by atoms with Crippen molar-refractivity contribution in [2.75, 3.05) is 5.32 Å². The molecule has 0 fully saturated rings. The fourth-order valence-corrected chi connectivity index (χ4v) is 3.79. The Morgan fingerprint density at radius 2 is 1.81 bits per heavy atom. The average molecular weight is 484 g/mol. The van der Waals surface area contributed by atoms with E-state index in [1.807, 2.05) is 50.2 Å². The van der Waals surface area contributed by atoms with Crippen molar-refractivity contribution in [2.45, 2.75) is 33.8 Å². The van der Waals surface area contributed by atoms with Crippen molar-refractivity contribution >= 4 is 22.8 Å². The number of amides is 1. The third kappa shape index (κ3) is 4.36. The molecular formula is C26H25N7O3. The summed E-state index contributed by atoms with van der Waals surface area (Å²) < 4.78 is 8.73. The number of hydrogen-bond donors (Lipinski definition) is 2. The Labute approximate surface area is 206 Å². The highest BCUT2D eigenvalue weighted by molar-refractivity contribution is 5.93. The Morgan fingerprint density at radius 1 is 1.03 bits per heavy atom. The van der Waals surface area contributed by atoms with Gasteiger partial charge in [-0.1, -0.05) is 24.3 Å². The van der Waals surface area contributed by atoms with E-state index in [0.29, 0.717) is 28.3 Å². The fourth-order valence-electron chi connectivity index (χ4n) is 3.79. The molecule has 10 heteroatoms. The van der Waals surface area contributed by atoms with E-state index in [0.717, 1.165) is 16.8 Å². The maximum atomic E-state index is 12.9. The van der Waals surface area contributed by atoms with E-state index in [2.05, 4.69) is 25.5 Å². The topological polar surface area (TPSA) is 120 Å². The zero-order valence-electron chi connectivity index (χ0n) is 20.3. The molecule has 0 spiro atoms. The molecule has 0 bridgehead atoms. The molecule has 0 saturated heterocycles. The summed E-state index contributed by atoms with van der Waals surface area (Å²) in [6.45, 7) is 7.49. The summed E-state index contributed by atoms with van der Waals surface area (Å²) in [4.78, 5) is 33.2. The Bertz CT molecular complexity index is 1630. The lowest BCUT2D eigenvalue weighted by Gasteiger charge is -2.15. The summed E-state index contributed by atoms with van der Waals surface area (Å²) in [5.74, 6) is 0.711. The first-order chi connectivity index (χ1) is 17.3. The van der Waals surface area contributed by atoms with E-state index >= 15 is 0 Å². The first-order valence-corrected chi connectivity index (χ1v) is 11.5. The van der Waals surface area contributed by atoms with E-state index in [1.54, 1.807) is 36.7 Å². The lowest BCUT2D eigenvalue weighted by molar-refractivity contribution is -0.122. The minimum absolute atomic E-state index is 0.151. The van der Waals surface area contributed by atoms with Gasteiger partial charge in [0.25, 0.3) is 11.5 Å². The van der Waals surface area contributed by atoms with Crippen LogP contribution in [0.15, 0.2) is 65.6 Å². The van der Waals surface area contributed by atoms with Gasteiger partial charge in [0.2, 0.25) is 5.95 Å². The van der Waals surface area contributed by atoms with E-state index in [9.17, 15) is 9.59 Å². The van der Waals surface area contributed by atoms with Crippen LogP contribution in [0, 0.1) is 20.8 Å². The van der Waals surface area contributed by atoms with Gasteiger partial charge >= 0.3 is 0 Å². The number of benzene rings is 2. The van der Waals surface area contributed by atoms with Crippen LogP contribution in [0.3, 0.4) is 0 Å². The van der Waals surface area contributed by atoms with Crippen molar-refractivity contribution in [2.24, 2.45) is 0 Å². The first-order valence-electron chi connectivity index (χ1n) is 11.5. The van der Waals surface area contributed by atoms with Crippen LogP contribution in [0.1, 0.15) is 23.7 Å². The summed E-state index contributed by atoms with van der Waals surface area (Å²) in [5, 5.41) is 12.0. The van der Waals surface area contributed by atoms with Crippen molar-refractivity contribution in [1.82, 2.24) is 29.5 Å². The molecule has 0 unspecified atom stereocenters. The smallest absolute Gasteiger partial charge is 0.266 e. The molecule has 2 N–H and O–H groups in total. The SMILES string of the molecule is Cc1cc(NC(=O)[C@@H](C)Oc2ccccc2)n(-c2nc3c(cnn3-c3ccc(C)c(C)c3)c(=O)[nH]2)n1. The molecule has 0 aliphatic heterocycles. The first kappa shape index (κ1) is 23.0. The van der Waals surface area contributed by atoms with Crippen LogP contribution >= 0.6 is 0 Å². The standard InChI is InChI=1S/C26H25N7O3/c1-15-10-11-19(12-16(15)2)32-23-21(14-27-32)25(35)30-26(29-23)33-22(13-17(3)31-33)28-24(34)18(4)36-20-8-6-5-7-9-20/h5-14,18H,1-4H3,(H,28,34)(H,29,30,35)/t18-/m1/s1. The van der Waals surface area contributed by atoms with E-state index in [1.165, 1.54) is 10.9 Å². The number of nitrogens with one attached hydrogen (secondary N) is 2. The number of H-pyrrole nitrogens is 1. The molecule has 1 amide bonds. The molecule has 0 radical (unpaired) electrons. The van der Waals surface area contributed by atoms with Gasteiger partial charge in [0.05, 0.1) is 17.6 Å². The van der Waals surface area contributed by atoms with Crippen LogP contribution in [-0.4, -0.2) is 41.5 Å². The molecule has 2 aromatic carbocycles. The molecular weight excluding hydrogens is 458 g/mol. The van der Waals surface area contributed by atoms with Crippen LogP contribution in [0.2, 0.25) is 0 Å². The molecule has 5 aromatic rings. The van der Waals surface area contributed by atoms with Gasteiger partial charge in [0.15, 0.2) is 11.8 Å². The molecule has 3 aromatic heterocycles. The third-order valence-corrected chi connectivity index (χ3v) is 5.87. The number of hydrogen-bond acceptors (Lipinski definition) is 6.